The minimum atomic E-state index is -1.05. The highest BCUT2D eigenvalue weighted by Crippen LogP contribution is 2.39. The van der Waals surface area contributed by atoms with Crippen LogP contribution in [0.1, 0.15) is 32.4 Å². The van der Waals surface area contributed by atoms with Crippen molar-refractivity contribution in [2.75, 3.05) is 0 Å². The average molecular weight is 355 g/mol. The highest BCUT2D eigenvalue weighted by Gasteiger charge is 2.27. The molecule has 0 amide bonds. The highest BCUT2D eigenvalue weighted by atomic mass is 35.5. The molecule has 0 N–H and O–H groups in total. The van der Waals surface area contributed by atoms with Crippen LogP contribution in [-0.2, 0) is 0 Å². The van der Waals surface area contributed by atoms with E-state index < -0.39 is 23.0 Å². The number of rotatable bonds is 3. The van der Waals surface area contributed by atoms with E-state index in [1.807, 2.05) is 20.8 Å². The molecule has 0 bridgehead atoms. The average Bonchev–Trinajstić information content (AvgIpc) is 2.93. The maximum atomic E-state index is 14.3. The fourth-order valence-corrected chi connectivity index (χ4v) is 2.85. The molecule has 0 aliphatic carbocycles. The third kappa shape index (κ3) is 2.62. The fraction of sp³-hybridized carbons (Fsp3) is 0.312. The van der Waals surface area contributed by atoms with Crippen LogP contribution in [-0.4, -0.2) is 19.6 Å². The van der Waals surface area contributed by atoms with Crippen molar-refractivity contribution in [1.82, 2.24) is 19.6 Å². The number of hydrogen-bond donors (Lipinski definition) is 0. The van der Waals surface area contributed by atoms with Gasteiger partial charge >= 0.3 is 0 Å². The van der Waals surface area contributed by atoms with Gasteiger partial charge < -0.3 is 0 Å². The molecule has 1 aromatic carbocycles. The zero-order valence-corrected chi connectivity index (χ0v) is 13.9. The third-order valence-corrected chi connectivity index (χ3v) is 4.38. The smallest absolute Gasteiger partial charge is 0.207 e. The molecule has 3 aromatic rings. The van der Waals surface area contributed by atoms with Crippen molar-refractivity contribution in [1.29, 1.82) is 0 Å². The van der Waals surface area contributed by atoms with E-state index in [1.54, 1.807) is 0 Å². The Morgan fingerprint density at radius 1 is 1.04 bits per heavy atom. The van der Waals surface area contributed by atoms with Crippen LogP contribution in [0.15, 0.2) is 18.5 Å². The Labute approximate surface area is 141 Å². The minimum Gasteiger partial charge on any atom is -0.207 e. The number of nitrogens with zero attached hydrogens (tertiary/aromatic N) is 4. The Morgan fingerprint density at radius 3 is 2.25 bits per heavy atom. The molecule has 0 aliphatic heterocycles. The van der Waals surface area contributed by atoms with Gasteiger partial charge in [0.25, 0.3) is 5.78 Å². The molecule has 0 radical (unpaired) electrons. The lowest BCUT2D eigenvalue weighted by atomic mass is 9.89. The first kappa shape index (κ1) is 16.7. The van der Waals surface area contributed by atoms with E-state index in [0.29, 0.717) is 17.8 Å². The zero-order chi connectivity index (χ0) is 17.6. The second-order valence-corrected chi connectivity index (χ2v) is 6.27. The first-order valence-electron chi connectivity index (χ1n) is 7.35. The molecule has 24 heavy (non-hydrogen) atoms. The Balaban J connectivity index is 2.44. The van der Waals surface area contributed by atoms with Crippen LogP contribution in [0.4, 0.5) is 13.2 Å². The lowest BCUT2D eigenvalue weighted by Crippen LogP contribution is -2.13. The molecule has 1 atom stereocenters. The van der Waals surface area contributed by atoms with Crippen molar-refractivity contribution >= 4 is 17.4 Å². The van der Waals surface area contributed by atoms with Crippen molar-refractivity contribution in [3.8, 4) is 11.1 Å². The predicted molar refractivity (Wildman–Crippen MR) is 84.4 cm³/mol. The van der Waals surface area contributed by atoms with Crippen molar-refractivity contribution in [2.24, 2.45) is 5.92 Å². The van der Waals surface area contributed by atoms with E-state index in [2.05, 4.69) is 15.1 Å². The molecular weight excluding hydrogens is 341 g/mol. The van der Waals surface area contributed by atoms with E-state index in [0.717, 1.165) is 0 Å². The molecule has 0 aliphatic rings. The van der Waals surface area contributed by atoms with Crippen LogP contribution in [0.2, 0.25) is 5.15 Å². The summed E-state index contributed by atoms with van der Waals surface area (Å²) in [5, 5.41) is 3.98. The van der Waals surface area contributed by atoms with Gasteiger partial charge in [-0.15, -0.1) is 0 Å². The van der Waals surface area contributed by atoms with Gasteiger partial charge in [0.15, 0.2) is 0 Å². The number of hydrogen-bond acceptors (Lipinski definition) is 3. The fourth-order valence-electron chi connectivity index (χ4n) is 2.59. The number of fused-ring (bicyclic) bond motifs is 1. The maximum absolute atomic E-state index is 14.3. The molecule has 4 nitrogen and oxygen atoms in total. The summed E-state index contributed by atoms with van der Waals surface area (Å²) in [5.41, 5.74) is 0.113. The summed E-state index contributed by atoms with van der Waals surface area (Å²) < 4.78 is 43.3. The summed E-state index contributed by atoms with van der Waals surface area (Å²) >= 11 is 6.21. The second-order valence-electron chi connectivity index (χ2n) is 5.91. The van der Waals surface area contributed by atoms with Gasteiger partial charge in [-0.2, -0.15) is 15.1 Å². The Morgan fingerprint density at radius 2 is 1.67 bits per heavy atom. The molecule has 1 unspecified atom stereocenters. The minimum absolute atomic E-state index is 0.0610. The largest absolute Gasteiger partial charge is 0.253 e. The van der Waals surface area contributed by atoms with Gasteiger partial charge in [0.05, 0.1) is 11.3 Å². The lowest BCUT2D eigenvalue weighted by Gasteiger charge is -2.21. The first-order valence-corrected chi connectivity index (χ1v) is 7.73. The number of benzene rings is 1. The highest BCUT2D eigenvalue weighted by molar-refractivity contribution is 6.32. The van der Waals surface area contributed by atoms with Crippen LogP contribution in [0.25, 0.3) is 16.9 Å². The van der Waals surface area contributed by atoms with Crippen molar-refractivity contribution in [2.45, 2.75) is 26.7 Å². The molecule has 0 spiro atoms. The van der Waals surface area contributed by atoms with Crippen molar-refractivity contribution in [3.05, 3.63) is 46.8 Å². The van der Waals surface area contributed by atoms with Crippen molar-refractivity contribution < 1.29 is 13.2 Å². The molecule has 0 fully saturated rings. The number of aromatic nitrogens is 4. The second kappa shape index (κ2) is 6.05. The summed E-state index contributed by atoms with van der Waals surface area (Å²) in [4.78, 5) is 8.03. The standard InChI is InChI=1S/C16H14ClF3N4/c1-7(2)8(3)14-13(12-10(19)4-9(18)5-11(12)20)15(17)23-16-21-6-22-24(14)16/h4-8H,1-3H3. The summed E-state index contributed by atoms with van der Waals surface area (Å²) in [6.07, 6.45) is 1.29. The predicted octanol–water partition coefficient (Wildman–Crippen LogP) is 4.62. The van der Waals surface area contributed by atoms with Crippen LogP contribution in [0, 0.1) is 23.4 Å². The van der Waals surface area contributed by atoms with Gasteiger partial charge in [0.2, 0.25) is 0 Å². The van der Waals surface area contributed by atoms with E-state index in [9.17, 15) is 13.2 Å². The molecular formula is C16H14ClF3N4. The van der Waals surface area contributed by atoms with Crippen LogP contribution in [0.3, 0.4) is 0 Å². The monoisotopic (exact) mass is 354 g/mol. The van der Waals surface area contributed by atoms with E-state index in [1.165, 1.54) is 10.8 Å². The molecule has 126 valence electrons. The quantitative estimate of drug-likeness (QED) is 0.644. The summed E-state index contributed by atoms with van der Waals surface area (Å²) in [7, 11) is 0. The van der Waals surface area contributed by atoms with E-state index in [-0.39, 0.29) is 28.3 Å². The van der Waals surface area contributed by atoms with Gasteiger partial charge in [0.1, 0.15) is 28.9 Å². The lowest BCUT2D eigenvalue weighted by molar-refractivity contribution is 0.510. The van der Waals surface area contributed by atoms with Crippen LogP contribution < -0.4 is 0 Å². The van der Waals surface area contributed by atoms with E-state index >= 15 is 0 Å². The maximum Gasteiger partial charge on any atom is 0.253 e. The summed E-state index contributed by atoms with van der Waals surface area (Å²) in [6.45, 7) is 5.81. The molecule has 2 aromatic heterocycles. The Bertz CT molecular complexity index is 900. The molecule has 8 heteroatoms. The molecule has 2 heterocycles. The molecule has 3 rings (SSSR count). The molecule has 0 saturated carbocycles. The van der Waals surface area contributed by atoms with Gasteiger partial charge in [-0.25, -0.2) is 17.7 Å². The molecule has 0 saturated heterocycles. The topological polar surface area (TPSA) is 43.1 Å². The van der Waals surface area contributed by atoms with Gasteiger partial charge in [-0.05, 0) is 5.92 Å². The Kier molecular flexibility index (Phi) is 4.21. The van der Waals surface area contributed by atoms with Crippen LogP contribution in [0.5, 0.6) is 0 Å². The number of halogens is 4. The summed E-state index contributed by atoms with van der Waals surface area (Å²) in [6, 6.07) is 1.23. The summed E-state index contributed by atoms with van der Waals surface area (Å²) in [5.74, 6) is -2.90. The first-order chi connectivity index (χ1) is 11.3. The Hall–Kier alpha value is -2.15. The van der Waals surface area contributed by atoms with Gasteiger partial charge in [-0.3, -0.25) is 0 Å². The normalized spacial score (nSPS) is 13.0. The van der Waals surface area contributed by atoms with Crippen LogP contribution >= 0.6 is 11.6 Å². The van der Waals surface area contributed by atoms with Gasteiger partial charge in [0, 0.05) is 23.6 Å². The SMILES string of the molecule is CC(C)C(C)c1c(-c2c(F)cc(F)cc2F)c(Cl)nc2ncnn12. The zero-order valence-electron chi connectivity index (χ0n) is 13.2. The van der Waals surface area contributed by atoms with Gasteiger partial charge in [-0.1, -0.05) is 32.4 Å². The third-order valence-electron chi connectivity index (χ3n) is 4.11. The van der Waals surface area contributed by atoms with E-state index in [4.69, 9.17) is 11.6 Å². The van der Waals surface area contributed by atoms with Crippen molar-refractivity contribution in [3.63, 3.8) is 0 Å².